The van der Waals surface area contributed by atoms with Gasteiger partial charge in [0, 0.05) is 81.3 Å². The third-order valence-corrected chi connectivity index (χ3v) is 12.0. The van der Waals surface area contributed by atoms with Crippen molar-refractivity contribution in [3.63, 3.8) is 0 Å². The molecule has 3 aliphatic heterocycles. The first kappa shape index (κ1) is 39.7. The number of urea groups is 1. The van der Waals surface area contributed by atoms with Gasteiger partial charge in [-0.3, -0.25) is 24.5 Å². The molecule has 2 saturated heterocycles. The van der Waals surface area contributed by atoms with Crippen molar-refractivity contribution >= 4 is 52.4 Å². The molecule has 3 N–H and O–H groups in total. The summed E-state index contributed by atoms with van der Waals surface area (Å²) >= 11 is 0. The summed E-state index contributed by atoms with van der Waals surface area (Å²) in [6.07, 6.45) is 12.4. The van der Waals surface area contributed by atoms with E-state index >= 15 is 4.39 Å². The second kappa shape index (κ2) is 17.1. The molecule has 4 aromatic heterocycles. The first-order valence-electron chi connectivity index (χ1n) is 20.9. The number of fused-ring (bicyclic) bond motifs is 2. The minimum Gasteiger partial charge on any atom is -0.368 e. The molecule has 4 aliphatic rings. The number of carbonyl (C=O) groups excluding carboxylic acids is 5. The van der Waals surface area contributed by atoms with E-state index in [1.54, 1.807) is 27.9 Å². The Labute approximate surface area is 349 Å². The number of aryl methyl sites for hydroxylation is 1. The number of nitrogens with one attached hydrogen (secondary N) is 3. The minimum absolute atomic E-state index is 0.000187. The van der Waals surface area contributed by atoms with Gasteiger partial charge >= 0.3 is 6.03 Å². The maximum Gasteiger partial charge on any atom is 0.323 e. The normalized spacial score (nSPS) is 18.2. The Kier molecular flexibility index (Phi) is 11.1. The zero-order valence-corrected chi connectivity index (χ0v) is 33.4. The lowest BCUT2D eigenvalue weighted by Gasteiger charge is -2.36. The molecule has 0 bridgehead atoms. The predicted octanol–water partition coefficient (Wildman–Crippen LogP) is 4.83. The summed E-state index contributed by atoms with van der Waals surface area (Å²) < 4.78 is 22.4. The molecule has 1 aromatic carbocycles. The molecule has 3 fully saturated rings. The molecule has 316 valence electrons. The smallest absolute Gasteiger partial charge is 0.323 e. The van der Waals surface area contributed by atoms with Gasteiger partial charge in [0.05, 0.1) is 35.7 Å². The molecule has 0 radical (unpaired) electrons. The number of unbranched alkanes of at least 4 members (excludes halogenated alkanes) is 2. The van der Waals surface area contributed by atoms with E-state index < -0.39 is 23.8 Å². The van der Waals surface area contributed by atoms with Gasteiger partial charge in [-0.15, -0.1) is 0 Å². The Morgan fingerprint density at radius 1 is 0.934 bits per heavy atom. The van der Waals surface area contributed by atoms with Crippen molar-refractivity contribution < 1.29 is 32.9 Å². The van der Waals surface area contributed by atoms with Crippen molar-refractivity contribution in [2.75, 3.05) is 41.7 Å². The van der Waals surface area contributed by atoms with Gasteiger partial charge in [0.15, 0.2) is 11.5 Å². The first-order valence-corrected chi connectivity index (χ1v) is 20.9. The van der Waals surface area contributed by atoms with E-state index in [1.807, 2.05) is 23.1 Å². The van der Waals surface area contributed by atoms with Crippen molar-refractivity contribution in [2.45, 2.75) is 89.1 Å². The molecule has 1 unspecified atom stereocenters. The van der Waals surface area contributed by atoms with E-state index in [4.69, 9.17) is 4.52 Å². The van der Waals surface area contributed by atoms with Crippen LogP contribution in [0.5, 0.6) is 0 Å². The molecule has 0 spiro atoms. The van der Waals surface area contributed by atoms with Crippen LogP contribution in [-0.2, 0) is 27.3 Å². The Hall–Kier alpha value is -6.79. The van der Waals surface area contributed by atoms with E-state index in [2.05, 4.69) is 46.1 Å². The number of pyridine rings is 1. The van der Waals surface area contributed by atoms with Crippen molar-refractivity contribution in [3.05, 3.63) is 77.5 Å². The zero-order chi connectivity index (χ0) is 42.0. The van der Waals surface area contributed by atoms with Crippen molar-refractivity contribution in [2.24, 2.45) is 0 Å². The van der Waals surface area contributed by atoms with Crippen LogP contribution in [0.2, 0.25) is 0 Å². The Morgan fingerprint density at radius 3 is 2.57 bits per heavy atom. The second-order valence-corrected chi connectivity index (χ2v) is 16.0. The molecular weight excluding hydrogens is 788 g/mol. The van der Waals surface area contributed by atoms with Crippen LogP contribution in [0.1, 0.15) is 97.6 Å². The fourth-order valence-electron chi connectivity index (χ4n) is 8.85. The number of piperidine rings is 1. The highest BCUT2D eigenvalue weighted by Crippen LogP contribution is 2.38. The number of carbonyl (C=O) groups is 5. The molecule has 1 atom stereocenters. The quantitative estimate of drug-likeness (QED) is 0.114. The summed E-state index contributed by atoms with van der Waals surface area (Å²) in [5.41, 5.74) is 4.57. The van der Waals surface area contributed by atoms with Gasteiger partial charge < -0.3 is 29.9 Å². The maximum absolute atomic E-state index is 15.2. The van der Waals surface area contributed by atoms with Gasteiger partial charge in [-0.1, -0.05) is 24.4 Å². The van der Waals surface area contributed by atoms with E-state index in [1.165, 1.54) is 6.20 Å². The topological polar surface area (TPSA) is 213 Å². The highest BCUT2D eigenvalue weighted by atomic mass is 19.1. The zero-order valence-electron chi connectivity index (χ0n) is 33.4. The van der Waals surface area contributed by atoms with Crippen LogP contribution in [-0.4, -0.2) is 101 Å². The predicted molar refractivity (Wildman–Crippen MR) is 218 cm³/mol. The molecule has 6 amide bonds. The van der Waals surface area contributed by atoms with Crippen LogP contribution in [0.3, 0.4) is 0 Å². The number of nitrogens with zero attached hydrogens (tertiary/aromatic N) is 9. The number of benzene rings is 1. The SMILES string of the molecule is O=C1CCC(N2Cc3cc(N4CCN(C(=O)CCCCCc5nc(-c6ncc(NC(=O)Nc7cnc8ccnn8c7C7CCCC7)cc6F)no5)CC4)ccc3C2=O)C(=O)N1. The van der Waals surface area contributed by atoms with Crippen LogP contribution >= 0.6 is 0 Å². The number of hydrogen-bond donors (Lipinski definition) is 3. The number of rotatable bonds is 12. The van der Waals surface area contributed by atoms with Crippen LogP contribution in [0.4, 0.5) is 26.2 Å². The molecule has 18 nitrogen and oxygen atoms in total. The highest BCUT2D eigenvalue weighted by Gasteiger charge is 2.39. The molecule has 1 aliphatic carbocycles. The van der Waals surface area contributed by atoms with Crippen LogP contribution in [0, 0.1) is 5.82 Å². The van der Waals surface area contributed by atoms with Gasteiger partial charge in [-0.05, 0) is 55.9 Å². The van der Waals surface area contributed by atoms with Crippen LogP contribution in [0.15, 0.2) is 53.4 Å². The van der Waals surface area contributed by atoms with Gasteiger partial charge in [0.25, 0.3) is 5.91 Å². The number of piperazine rings is 1. The summed E-state index contributed by atoms with van der Waals surface area (Å²) in [6.45, 7) is 2.79. The summed E-state index contributed by atoms with van der Waals surface area (Å²) in [5.74, 6) is -0.998. The summed E-state index contributed by atoms with van der Waals surface area (Å²) in [5, 5.41) is 16.2. The fourth-order valence-corrected chi connectivity index (χ4v) is 8.85. The lowest BCUT2D eigenvalue weighted by Crippen LogP contribution is -2.52. The van der Waals surface area contributed by atoms with Crippen molar-refractivity contribution in [3.8, 4) is 11.5 Å². The van der Waals surface area contributed by atoms with Gasteiger partial charge in [-0.25, -0.2) is 23.7 Å². The number of imide groups is 1. The van der Waals surface area contributed by atoms with Crippen LogP contribution < -0.4 is 20.9 Å². The molecule has 7 heterocycles. The fraction of sp³-hybridized carbons (Fsp3) is 0.429. The Bertz CT molecular complexity index is 2510. The van der Waals surface area contributed by atoms with Crippen LogP contribution in [0.25, 0.3) is 17.2 Å². The standard InChI is InChI=1S/C42H45FN12O6/c43-30-21-27(47-42(60)48-31-23-44-33-14-15-46-55(33)38(31)25-6-4-5-7-25)22-45-37(30)39-50-35(61-51-39)8-2-1-3-9-36(57)53-18-16-52(17-19-53)28-10-11-29-26(20-28)24-54(41(29)59)32-12-13-34(56)49-40(32)58/h10-11,14-15,20-23,25,32H,1-9,12-13,16-19,24H2,(H2,47,48,60)(H,49,56,58). The Morgan fingerprint density at radius 2 is 1.77 bits per heavy atom. The number of anilines is 3. The number of halogens is 1. The summed E-state index contributed by atoms with van der Waals surface area (Å²) in [4.78, 5) is 81.6. The molecule has 9 rings (SSSR count). The highest BCUT2D eigenvalue weighted by molar-refractivity contribution is 6.05. The maximum atomic E-state index is 15.2. The minimum atomic E-state index is -0.724. The third-order valence-electron chi connectivity index (χ3n) is 12.0. The van der Waals surface area contributed by atoms with Crippen molar-refractivity contribution in [1.82, 2.24) is 44.8 Å². The third kappa shape index (κ3) is 8.36. The van der Waals surface area contributed by atoms with Gasteiger partial charge in [0.2, 0.25) is 29.4 Å². The average molecular weight is 833 g/mol. The summed E-state index contributed by atoms with van der Waals surface area (Å²) in [6, 6.07) is 7.44. The molecule has 1 saturated carbocycles. The van der Waals surface area contributed by atoms with Crippen molar-refractivity contribution in [1.29, 1.82) is 0 Å². The van der Waals surface area contributed by atoms with Gasteiger partial charge in [0.1, 0.15) is 11.7 Å². The van der Waals surface area contributed by atoms with E-state index in [-0.39, 0.29) is 47.3 Å². The molecule has 61 heavy (non-hydrogen) atoms. The van der Waals surface area contributed by atoms with E-state index in [0.717, 1.165) is 55.1 Å². The number of aromatic nitrogens is 6. The monoisotopic (exact) mass is 832 g/mol. The number of hydrogen-bond acceptors (Lipinski definition) is 12. The second-order valence-electron chi connectivity index (χ2n) is 16.0. The first-order chi connectivity index (χ1) is 29.7. The lowest BCUT2D eigenvalue weighted by molar-refractivity contribution is -0.137. The van der Waals surface area contributed by atoms with E-state index in [0.29, 0.717) is 87.6 Å². The Balaban J connectivity index is 0.701. The molecule has 19 heteroatoms. The molecular formula is C42H45FN12O6. The lowest BCUT2D eigenvalue weighted by atomic mass is 10.0. The molecule has 5 aromatic rings. The number of amides is 6. The summed E-state index contributed by atoms with van der Waals surface area (Å²) in [7, 11) is 0. The van der Waals surface area contributed by atoms with E-state index in [9.17, 15) is 24.0 Å². The average Bonchev–Trinajstić information content (AvgIpc) is 4.10. The largest absolute Gasteiger partial charge is 0.368 e. The van der Waals surface area contributed by atoms with Gasteiger partial charge in [-0.2, -0.15) is 10.1 Å².